The number of hydrogen-bond acceptors (Lipinski definition) is 6. The van der Waals surface area contributed by atoms with Crippen LogP contribution in [0, 0.1) is 6.92 Å². The molecule has 0 amide bonds. The van der Waals surface area contributed by atoms with Crippen molar-refractivity contribution in [2.45, 2.75) is 11.8 Å². The summed E-state index contributed by atoms with van der Waals surface area (Å²) in [5.74, 6) is 0.256. The molecule has 0 fully saturated rings. The van der Waals surface area contributed by atoms with Crippen molar-refractivity contribution in [1.29, 1.82) is 0 Å². The highest BCUT2D eigenvalue weighted by Crippen LogP contribution is 2.33. The fourth-order valence-electron chi connectivity index (χ4n) is 2.00. The fraction of sp³-hybridized carbons (Fsp3) is 0.0588. The first-order valence-electron chi connectivity index (χ1n) is 7.22. The Hall–Kier alpha value is -2.64. The molecule has 8 heteroatoms. The van der Waals surface area contributed by atoms with Crippen molar-refractivity contribution in [2.24, 2.45) is 0 Å². The Kier molecular flexibility index (Phi) is 4.87. The van der Waals surface area contributed by atoms with Crippen LogP contribution in [0.1, 0.15) is 5.56 Å². The first-order chi connectivity index (χ1) is 12.0. The Morgan fingerprint density at radius 1 is 0.920 bits per heavy atom. The van der Waals surface area contributed by atoms with Gasteiger partial charge in [0.05, 0.1) is 0 Å². The van der Waals surface area contributed by atoms with E-state index < -0.39 is 10.1 Å². The molecule has 0 saturated heterocycles. The lowest BCUT2D eigenvalue weighted by Gasteiger charge is -2.12. The number of nitrogens with zero attached hydrogens (tertiary/aromatic N) is 2. The molecule has 0 aliphatic heterocycles. The summed E-state index contributed by atoms with van der Waals surface area (Å²) in [6.07, 6.45) is 0. The highest BCUT2D eigenvalue weighted by molar-refractivity contribution is 7.87. The Labute approximate surface area is 150 Å². The second kappa shape index (κ2) is 7.08. The second-order valence-corrected chi connectivity index (χ2v) is 6.99. The number of hydrogen-bond donors (Lipinski definition) is 0. The van der Waals surface area contributed by atoms with E-state index in [1.165, 1.54) is 18.2 Å². The third kappa shape index (κ3) is 4.07. The largest absolute Gasteiger partial charge is 0.435 e. The number of para-hydroxylation sites is 1. The Morgan fingerprint density at radius 3 is 2.32 bits per heavy atom. The van der Waals surface area contributed by atoms with Gasteiger partial charge in [-0.15, -0.1) is 10.2 Å². The lowest BCUT2D eigenvalue weighted by molar-refractivity contribution is 0.413. The van der Waals surface area contributed by atoms with Gasteiger partial charge in [-0.1, -0.05) is 48.0 Å². The molecule has 25 heavy (non-hydrogen) atoms. The molecule has 0 N–H and O–H groups in total. The molecular weight excluding hydrogens is 364 g/mol. The molecule has 2 aromatic carbocycles. The van der Waals surface area contributed by atoms with E-state index in [0.717, 1.165) is 5.56 Å². The molecule has 1 heterocycles. The quantitative estimate of drug-likeness (QED) is 0.626. The van der Waals surface area contributed by atoms with Gasteiger partial charge in [-0.25, -0.2) is 0 Å². The van der Waals surface area contributed by atoms with Gasteiger partial charge in [0, 0.05) is 6.07 Å². The van der Waals surface area contributed by atoms with Crippen molar-refractivity contribution in [3.05, 3.63) is 71.4 Å². The number of halogens is 1. The normalized spacial score (nSPS) is 11.1. The molecule has 128 valence electrons. The molecule has 1 aromatic heterocycles. The Balaban J connectivity index is 1.96. The van der Waals surface area contributed by atoms with E-state index in [-0.39, 0.29) is 21.7 Å². The van der Waals surface area contributed by atoms with E-state index in [1.54, 1.807) is 30.3 Å². The molecule has 0 bridgehead atoms. The third-order valence-corrected chi connectivity index (χ3v) is 4.66. The van der Waals surface area contributed by atoms with E-state index in [4.69, 9.17) is 20.5 Å². The Bertz CT molecular complexity index is 995. The van der Waals surface area contributed by atoms with Crippen molar-refractivity contribution >= 4 is 21.7 Å². The van der Waals surface area contributed by atoms with Crippen molar-refractivity contribution in [1.82, 2.24) is 10.2 Å². The SMILES string of the molecule is Cc1ccccc1Oc1nnc(Cl)cc1OS(=O)(=O)c1ccccc1. The number of benzene rings is 2. The van der Waals surface area contributed by atoms with Crippen LogP contribution in [-0.4, -0.2) is 18.6 Å². The first-order valence-corrected chi connectivity index (χ1v) is 9.00. The van der Waals surface area contributed by atoms with E-state index in [1.807, 2.05) is 19.1 Å². The van der Waals surface area contributed by atoms with Crippen LogP contribution in [0.3, 0.4) is 0 Å². The van der Waals surface area contributed by atoms with E-state index in [2.05, 4.69) is 10.2 Å². The van der Waals surface area contributed by atoms with Crippen molar-refractivity contribution in [3.8, 4) is 17.4 Å². The number of aryl methyl sites for hydroxylation is 1. The maximum Gasteiger partial charge on any atom is 0.339 e. The van der Waals surface area contributed by atoms with Crippen LogP contribution < -0.4 is 8.92 Å². The van der Waals surface area contributed by atoms with Crippen molar-refractivity contribution in [3.63, 3.8) is 0 Å². The van der Waals surface area contributed by atoms with Gasteiger partial charge in [-0.05, 0) is 30.7 Å². The van der Waals surface area contributed by atoms with Gasteiger partial charge >= 0.3 is 10.1 Å². The topological polar surface area (TPSA) is 78.4 Å². The van der Waals surface area contributed by atoms with Crippen molar-refractivity contribution in [2.75, 3.05) is 0 Å². The summed E-state index contributed by atoms with van der Waals surface area (Å²) >= 11 is 5.82. The average Bonchev–Trinajstić information content (AvgIpc) is 2.59. The van der Waals surface area contributed by atoms with Crippen LogP contribution in [0.4, 0.5) is 0 Å². The summed E-state index contributed by atoms with van der Waals surface area (Å²) in [6.45, 7) is 1.85. The van der Waals surface area contributed by atoms with Gasteiger partial charge in [0.15, 0.2) is 5.15 Å². The zero-order chi connectivity index (χ0) is 17.9. The van der Waals surface area contributed by atoms with Crippen LogP contribution in [0.15, 0.2) is 65.6 Å². The molecule has 3 rings (SSSR count). The predicted molar refractivity (Wildman–Crippen MR) is 92.6 cm³/mol. The maximum atomic E-state index is 12.4. The van der Waals surface area contributed by atoms with Crippen LogP contribution in [0.2, 0.25) is 5.15 Å². The zero-order valence-corrected chi connectivity index (χ0v) is 14.7. The number of rotatable bonds is 5. The molecule has 0 aliphatic rings. The molecule has 0 atom stereocenters. The van der Waals surface area contributed by atoms with Crippen LogP contribution >= 0.6 is 11.6 Å². The van der Waals surface area contributed by atoms with E-state index >= 15 is 0 Å². The highest BCUT2D eigenvalue weighted by Gasteiger charge is 2.21. The van der Waals surface area contributed by atoms with Gasteiger partial charge in [0.1, 0.15) is 10.6 Å². The molecule has 6 nitrogen and oxygen atoms in total. The molecule has 0 aliphatic carbocycles. The third-order valence-electron chi connectivity index (χ3n) is 3.23. The fourth-order valence-corrected chi connectivity index (χ4v) is 3.08. The minimum Gasteiger partial charge on any atom is -0.435 e. The molecule has 3 aromatic rings. The summed E-state index contributed by atoms with van der Waals surface area (Å²) in [4.78, 5) is 0.00442. The minimum atomic E-state index is -4.06. The van der Waals surface area contributed by atoms with Gasteiger partial charge in [-0.3, -0.25) is 0 Å². The maximum absolute atomic E-state index is 12.4. The lowest BCUT2D eigenvalue weighted by atomic mass is 10.2. The Morgan fingerprint density at radius 2 is 1.60 bits per heavy atom. The van der Waals surface area contributed by atoms with Gasteiger partial charge in [0.25, 0.3) is 5.88 Å². The average molecular weight is 377 g/mol. The van der Waals surface area contributed by atoms with Crippen LogP contribution in [0.5, 0.6) is 17.4 Å². The van der Waals surface area contributed by atoms with Gasteiger partial charge in [0.2, 0.25) is 5.75 Å². The van der Waals surface area contributed by atoms with Gasteiger partial charge < -0.3 is 8.92 Å². The minimum absolute atomic E-state index is 0.00442. The molecule has 0 unspecified atom stereocenters. The monoisotopic (exact) mass is 376 g/mol. The zero-order valence-electron chi connectivity index (χ0n) is 13.1. The van der Waals surface area contributed by atoms with Crippen molar-refractivity contribution < 1.29 is 17.3 Å². The molecule has 0 spiro atoms. The summed E-state index contributed by atoms with van der Waals surface area (Å²) in [7, 11) is -4.06. The summed E-state index contributed by atoms with van der Waals surface area (Å²) in [5, 5.41) is 7.46. The molecular formula is C17H13ClN2O4S. The van der Waals surface area contributed by atoms with Crippen LogP contribution in [-0.2, 0) is 10.1 Å². The lowest BCUT2D eigenvalue weighted by Crippen LogP contribution is -2.11. The standard InChI is InChI=1S/C17H13ClN2O4S/c1-12-7-5-6-10-14(12)23-17-15(11-16(18)19-20-17)24-25(21,22)13-8-3-2-4-9-13/h2-11H,1H3. The number of aromatic nitrogens is 2. The smallest absolute Gasteiger partial charge is 0.339 e. The second-order valence-electron chi connectivity index (χ2n) is 5.05. The van der Waals surface area contributed by atoms with Gasteiger partial charge in [-0.2, -0.15) is 8.42 Å². The first kappa shape index (κ1) is 17.2. The van der Waals surface area contributed by atoms with Crippen LogP contribution in [0.25, 0.3) is 0 Å². The van der Waals surface area contributed by atoms with E-state index in [0.29, 0.717) is 5.75 Å². The summed E-state index contributed by atoms with van der Waals surface area (Å²) in [5.41, 5.74) is 0.844. The number of ether oxygens (including phenoxy) is 1. The van der Waals surface area contributed by atoms with E-state index in [9.17, 15) is 8.42 Å². The predicted octanol–water partition coefficient (Wildman–Crippen LogP) is 4.00. The highest BCUT2D eigenvalue weighted by atomic mass is 35.5. The molecule has 0 saturated carbocycles. The summed E-state index contributed by atoms with van der Waals surface area (Å²) < 4.78 is 35.7. The summed E-state index contributed by atoms with van der Waals surface area (Å²) in [6, 6.07) is 16.2. The molecule has 0 radical (unpaired) electrons.